The third-order valence-corrected chi connectivity index (χ3v) is 12.8. The Morgan fingerprint density at radius 2 is 0.778 bits per heavy atom. The molecule has 1 heteroatoms. The highest BCUT2D eigenvalue weighted by molar-refractivity contribution is 6.15. The van der Waals surface area contributed by atoms with Crippen LogP contribution in [0.3, 0.4) is 0 Å². The lowest BCUT2D eigenvalue weighted by Crippen LogP contribution is -2.12. The summed E-state index contributed by atoms with van der Waals surface area (Å²) >= 11 is 0. The van der Waals surface area contributed by atoms with E-state index >= 15 is 0 Å². The van der Waals surface area contributed by atoms with Gasteiger partial charge in [0.25, 0.3) is 0 Å². The van der Waals surface area contributed by atoms with Crippen molar-refractivity contribution >= 4 is 70.9 Å². The van der Waals surface area contributed by atoms with Gasteiger partial charge in [0.2, 0.25) is 0 Å². The molecule has 1 nitrogen and oxygen atoms in total. The van der Waals surface area contributed by atoms with Crippen LogP contribution in [-0.2, 0) is 0 Å². The molecule has 294 valence electrons. The highest BCUT2D eigenvalue weighted by Gasteiger charge is 2.22. The number of anilines is 3. The molecule has 0 atom stereocenters. The van der Waals surface area contributed by atoms with Gasteiger partial charge in [0.15, 0.2) is 0 Å². The van der Waals surface area contributed by atoms with Crippen molar-refractivity contribution in [3.8, 4) is 44.5 Å². The lowest BCUT2D eigenvalue weighted by Gasteiger charge is -2.30. The predicted molar refractivity (Wildman–Crippen MR) is 270 cm³/mol. The average Bonchev–Trinajstić information content (AvgIpc) is 3.36. The van der Waals surface area contributed by atoms with Crippen LogP contribution in [0.1, 0.15) is 0 Å². The van der Waals surface area contributed by atoms with Gasteiger partial charge in [-0.3, -0.25) is 0 Å². The molecule has 12 aromatic rings. The third kappa shape index (κ3) is 6.50. The van der Waals surface area contributed by atoms with E-state index in [1.54, 1.807) is 0 Å². The van der Waals surface area contributed by atoms with Crippen LogP contribution in [0.15, 0.2) is 249 Å². The Kier molecular flexibility index (Phi) is 8.90. The average molecular weight is 800 g/mol. The lowest BCUT2D eigenvalue weighted by molar-refractivity contribution is 1.29. The molecule has 0 heterocycles. The minimum atomic E-state index is 1.08. The Balaban J connectivity index is 1.16. The molecule has 63 heavy (non-hydrogen) atoms. The van der Waals surface area contributed by atoms with Crippen molar-refractivity contribution in [2.45, 2.75) is 0 Å². The molecule has 0 radical (unpaired) electrons. The van der Waals surface area contributed by atoms with E-state index in [-0.39, 0.29) is 0 Å². The van der Waals surface area contributed by atoms with Crippen LogP contribution < -0.4 is 4.90 Å². The fraction of sp³-hybridized carbons (Fsp3) is 0. The first-order valence-electron chi connectivity index (χ1n) is 21.7. The van der Waals surface area contributed by atoms with Gasteiger partial charge in [-0.15, -0.1) is 0 Å². The van der Waals surface area contributed by atoms with E-state index in [0.29, 0.717) is 0 Å². The first-order chi connectivity index (χ1) is 31.2. The molecule has 12 aromatic carbocycles. The zero-order chi connectivity index (χ0) is 41.7. The van der Waals surface area contributed by atoms with Crippen molar-refractivity contribution < 1.29 is 0 Å². The normalized spacial score (nSPS) is 11.5. The number of hydrogen-bond acceptors (Lipinski definition) is 1. The van der Waals surface area contributed by atoms with Crippen molar-refractivity contribution in [1.82, 2.24) is 0 Å². The fourth-order valence-electron chi connectivity index (χ4n) is 9.74. The SMILES string of the molecule is c1ccc(-c2ccc(N(c3ccc(-c4cc5ccccc5c5ccccc45)c(-c4ccc5ccccc5c4)c3)c3ccc4ccccc4c3)c(-c3cccc4ccccc34)c2)cc1. The van der Waals surface area contributed by atoms with Gasteiger partial charge in [0, 0.05) is 16.9 Å². The number of fused-ring (bicyclic) bond motifs is 6. The van der Waals surface area contributed by atoms with E-state index in [9.17, 15) is 0 Å². The molecule has 0 saturated carbocycles. The maximum Gasteiger partial charge on any atom is 0.0540 e. The molecule has 0 aliphatic rings. The van der Waals surface area contributed by atoms with Crippen LogP contribution in [0.25, 0.3) is 98.4 Å². The molecule has 0 N–H and O–H groups in total. The van der Waals surface area contributed by atoms with Crippen LogP contribution in [0, 0.1) is 0 Å². The molecule has 0 amide bonds. The molecule has 0 unspecified atom stereocenters. The topological polar surface area (TPSA) is 3.24 Å². The summed E-state index contributed by atoms with van der Waals surface area (Å²) in [5, 5.41) is 12.3. The summed E-state index contributed by atoms with van der Waals surface area (Å²) in [7, 11) is 0. The van der Waals surface area contributed by atoms with Crippen molar-refractivity contribution in [3.63, 3.8) is 0 Å². The molecule has 0 spiro atoms. The molecular formula is C62H41N. The predicted octanol–water partition coefficient (Wildman–Crippen LogP) is 17.6. The molecule has 0 saturated heterocycles. The van der Waals surface area contributed by atoms with Crippen molar-refractivity contribution in [2.24, 2.45) is 0 Å². The summed E-state index contributed by atoms with van der Waals surface area (Å²) in [6.45, 7) is 0. The molecule has 0 bridgehead atoms. The summed E-state index contributed by atoms with van der Waals surface area (Å²) in [6.07, 6.45) is 0. The lowest BCUT2D eigenvalue weighted by atomic mass is 9.88. The summed E-state index contributed by atoms with van der Waals surface area (Å²) in [6, 6.07) is 91.4. The van der Waals surface area contributed by atoms with E-state index in [1.165, 1.54) is 92.8 Å². The number of rotatable bonds is 7. The Labute approximate surface area is 367 Å². The fourth-order valence-corrected chi connectivity index (χ4v) is 9.74. The van der Waals surface area contributed by atoms with Crippen LogP contribution in [0.2, 0.25) is 0 Å². The zero-order valence-corrected chi connectivity index (χ0v) is 34.6. The van der Waals surface area contributed by atoms with Crippen LogP contribution in [0.4, 0.5) is 17.1 Å². The summed E-state index contributed by atoms with van der Waals surface area (Å²) in [5.74, 6) is 0. The van der Waals surface area contributed by atoms with Crippen molar-refractivity contribution in [3.05, 3.63) is 249 Å². The quantitative estimate of drug-likeness (QED) is 0.145. The first kappa shape index (κ1) is 36.6. The summed E-state index contributed by atoms with van der Waals surface area (Å²) in [4.78, 5) is 2.48. The highest BCUT2D eigenvalue weighted by Crippen LogP contribution is 2.48. The standard InChI is InChI=1S/C62H41N/c1-2-15-42(16-3-1)48-32-36-62(61(39-48)56-28-14-23-45-19-8-10-24-53(45)56)63(51-33-31-44-18-5-7-21-47(44)38-51)52-34-35-58(59(41-52)50-30-29-43-17-4-6-20-46(43)37-50)60-40-49-22-9-11-25-54(49)55-26-12-13-27-57(55)60/h1-41H. The van der Waals surface area contributed by atoms with Gasteiger partial charge in [0.05, 0.1) is 5.69 Å². The summed E-state index contributed by atoms with van der Waals surface area (Å²) < 4.78 is 0. The second-order valence-electron chi connectivity index (χ2n) is 16.5. The van der Waals surface area contributed by atoms with E-state index in [1.807, 2.05) is 0 Å². The smallest absolute Gasteiger partial charge is 0.0540 e. The maximum atomic E-state index is 2.48. The van der Waals surface area contributed by atoms with E-state index in [0.717, 1.165) is 22.6 Å². The van der Waals surface area contributed by atoms with Gasteiger partial charge in [-0.05, 0) is 141 Å². The van der Waals surface area contributed by atoms with E-state index in [4.69, 9.17) is 0 Å². The molecule has 0 aliphatic heterocycles. The van der Waals surface area contributed by atoms with E-state index in [2.05, 4.69) is 254 Å². The minimum Gasteiger partial charge on any atom is -0.310 e. The van der Waals surface area contributed by atoms with Gasteiger partial charge in [-0.25, -0.2) is 0 Å². The second-order valence-corrected chi connectivity index (χ2v) is 16.5. The molecular weight excluding hydrogens is 759 g/mol. The highest BCUT2D eigenvalue weighted by atomic mass is 15.1. The van der Waals surface area contributed by atoms with Crippen LogP contribution in [0.5, 0.6) is 0 Å². The van der Waals surface area contributed by atoms with Crippen molar-refractivity contribution in [2.75, 3.05) is 4.90 Å². The second kappa shape index (κ2) is 15.3. The number of benzene rings is 12. The number of hydrogen-bond donors (Lipinski definition) is 0. The monoisotopic (exact) mass is 799 g/mol. The van der Waals surface area contributed by atoms with Gasteiger partial charge in [-0.2, -0.15) is 0 Å². The summed E-state index contributed by atoms with van der Waals surface area (Å²) in [5.41, 5.74) is 12.8. The molecule has 0 fully saturated rings. The Bertz CT molecular complexity index is 3690. The van der Waals surface area contributed by atoms with Crippen molar-refractivity contribution in [1.29, 1.82) is 0 Å². The molecule has 12 rings (SSSR count). The minimum absolute atomic E-state index is 1.08. The molecule has 0 aromatic heterocycles. The van der Waals surface area contributed by atoms with Gasteiger partial charge in [-0.1, -0.05) is 200 Å². The van der Waals surface area contributed by atoms with Gasteiger partial charge in [0.1, 0.15) is 0 Å². The van der Waals surface area contributed by atoms with Gasteiger partial charge >= 0.3 is 0 Å². The van der Waals surface area contributed by atoms with E-state index < -0.39 is 0 Å². The molecule has 0 aliphatic carbocycles. The Morgan fingerprint density at radius 1 is 0.206 bits per heavy atom. The van der Waals surface area contributed by atoms with Crippen LogP contribution >= 0.6 is 0 Å². The number of nitrogens with zero attached hydrogens (tertiary/aromatic N) is 1. The first-order valence-corrected chi connectivity index (χ1v) is 21.7. The Hall–Kier alpha value is -8.26. The van der Waals surface area contributed by atoms with Gasteiger partial charge < -0.3 is 4.90 Å². The maximum absolute atomic E-state index is 2.48. The largest absolute Gasteiger partial charge is 0.310 e. The Morgan fingerprint density at radius 3 is 1.57 bits per heavy atom. The van der Waals surface area contributed by atoms with Crippen LogP contribution in [-0.4, -0.2) is 0 Å². The zero-order valence-electron chi connectivity index (χ0n) is 34.6. The third-order valence-electron chi connectivity index (χ3n) is 12.8.